The molecule has 0 bridgehead atoms. The number of aryl methyl sites for hydroxylation is 1. The molecule has 2 heterocycles. The van der Waals surface area contributed by atoms with Gasteiger partial charge in [-0.3, -0.25) is 0 Å². The van der Waals surface area contributed by atoms with Crippen LogP contribution < -0.4 is 0 Å². The Morgan fingerprint density at radius 2 is 2.07 bits per heavy atom. The fourth-order valence-corrected chi connectivity index (χ4v) is 4.19. The van der Waals surface area contributed by atoms with Crippen molar-refractivity contribution < 1.29 is 0 Å². The lowest BCUT2D eigenvalue weighted by Crippen LogP contribution is -1.85. The summed E-state index contributed by atoms with van der Waals surface area (Å²) in [5.74, 6) is 0. The van der Waals surface area contributed by atoms with E-state index < -0.39 is 0 Å². The minimum Gasteiger partial charge on any atom is -0.145 e. The first kappa shape index (κ1) is 11.7. The molecule has 2 aromatic heterocycles. The van der Waals surface area contributed by atoms with E-state index in [1.165, 1.54) is 11.3 Å². The summed E-state index contributed by atoms with van der Waals surface area (Å²) in [4.78, 5) is 2.03. The Kier molecular flexibility index (Phi) is 3.63. The van der Waals surface area contributed by atoms with Gasteiger partial charge in [-0.2, -0.15) is 0 Å². The van der Waals surface area contributed by atoms with Crippen molar-refractivity contribution in [1.82, 2.24) is 0 Å². The zero-order chi connectivity index (χ0) is 11.0. The van der Waals surface area contributed by atoms with E-state index in [9.17, 15) is 0 Å². The van der Waals surface area contributed by atoms with Crippen LogP contribution in [0.1, 0.15) is 20.7 Å². The molecule has 2 rings (SSSR count). The van der Waals surface area contributed by atoms with Crippen molar-refractivity contribution in [2.75, 3.05) is 0 Å². The molecule has 0 aliphatic rings. The molecule has 5 heteroatoms. The lowest BCUT2D eigenvalue weighted by Gasteiger charge is -2.04. The Bertz CT molecular complexity index is 453. The molecule has 80 valence electrons. The summed E-state index contributed by atoms with van der Waals surface area (Å²) in [6.45, 7) is 1.97. The van der Waals surface area contributed by atoms with Gasteiger partial charge < -0.3 is 0 Å². The molecule has 0 fully saturated rings. The van der Waals surface area contributed by atoms with Gasteiger partial charge in [-0.25, -0.2) is 0 Å². The molecule has 0 saturated carbocycles. The molecule has 0 amide bonds. The minimum absolute atomic E-state index is 0.186. The zero-order valence-electron chi connectivity index (χ0n) is 7.76. The van der Waals surface area contributed by atoms with Gasteiger partial charge >= 0.3 is 0 Å². The summed E-state index contributed by atoms with van der Waals surface area (Å²) >= 11 is 21.5. The van der Waals surface area contributed by atoms with E-state index in [1.54, 1.807) is 11.3 Å². The van der Waals surface area contributed by atoms with Crippen LogP contribution in [-0.4, -0.2) is 0 Å². The maximum absolute atomic E-state index is 6.34. The Morgan fingerprint density at radius 3 is 2.53 bits per heavy atom. The Balaban J connectivity index is 2.36. The first-order valence-electron chi connectivity index (χ1n) is 4.22. The highest BCUT2D eigenvalue weighted by atomic mass is 35.5. The van der Waals surface area contributed by atoms with Crippen molar-refractivity contribution in [3.63, 3.8) is 0 Å². The van der Waals surface area contributed by atoms with Gasteiger partial charge in [0.2, 0.25) is 0 Å². The monoisotopic (exact) mass is 296 g/mol. The zero-order valence-corrected chi connectivity index (χ0v) is 11.7. The standard InChI is InChI=1S/C10H7Cl3S2/c1-5-4-7(15-10(5)13)8(12)9-6(11)2-3-14-9/h2-4,8H,1H3. The molecule has 0 nitrogen and oxygen atoms in total. The maximum atomic E-state index is 6.34. The van der Waals surface area contributed by atoms with E-state index in [4.69, 9.17) is 34.8 Å². The van der Waals surface area contributed by atoms with Gasteiger partial charge in [-0.15, -0.1) is 34.3 Å². The van der Waals surface area contributed by atoms with Crippen molar-refractivity contribution in [1.29, 1.82) is 0 Å². The SMILES string of the molecule is Cc1cc(C(Cl)c2sccc2Cl)sc1Cl. The fraction of sp³-hybridized carbons (Fsp3) is 0.200. The lowest BCUT2D eigenvalue weighted by atomic mass is 10.2. The predicted octanol–water partition coefficient (Wildman–Crippen LogP) is 5.75. The smallest absolute Gasteiger partial charge is 0.103 e. The summed E-state index contributed by atoms with van der Waals surface area (Å²) in [5, 5.41) is 2.48. The van der Waals surface area contributed by atoms with Gasteiger partial charge in [-0.1, -0.05) is 23.2 Å². The van der Waals surface area contributed by atoms with Crippen LogP contribution >= 0.6 is 57.5 Å². The normalized spacial score (nSPS) is 13.1. The van der Waals surface area contributed by atoms with Crippen molar-refractivity contribution in [3.05, 3.63) is 42.2 Å². The number of alkyl halides is 1. The molecule has 1 unspecified atom stereocenters. The number of hydrogen-bond acceptors (Lipinski definition) is 2. The first-order valence-corrected chi connectivity index (χ1v) is 7.11. The third-order valence-corrected chi connectivity index (χ3v) is 5.76. The fourth-order valence-electron chi connectivity index (χ4n) is 1.22. The molecule has 0 aromatic carbocycles. The number of halogens is 3. The molecule has 0 N–H and O–H groups in total. The highest BCUT2D eigenvalue weighted by molar-refractivity contribution is 7.17. The van der Waals surface area contributed by atoms with Crippen molar-refractivity contribution in [3.8, 4) is 0 Å². The van der Waals surface area contributed by atoms with E-state index in [1.807, 2.05) is 24.4 Å². The summed E-state index contributed by atoms with van der Waals surface area (Å²) < 4.78 is 0.795. The average molecular weight is 298 g/mol. The molecule has 0 aliphatic heterocycles. The summed E-state index contributed by atoms with van der Waals surface area (Å²) in [7, 11) is 0. The van der Waals surface area contributed by atoms with Crippen LogP contribution in [0.4, 0.5) is 0 Å². The molecular formula is C10H7Cl3S2. The first-order chi connectivity index (χ1) is 7.09. The summed E-state index contributed by atoms with van der Waals surface area (Å²) in [5.41, 5.74) is 1.06. The van der Waals surface area contributed by atoms with Gasteiger partial charge in [0.25, 0.3) is 0 Å². The molecule has 0 aliphatic carbocycles. The number of thiophene rings is 2. The second-order valence-corrected chi connectivity index (χ2v) is 6.58. The van der Waals surface area contributed by atoms with Gasteiger partial charge in [0.1, 0.15) is 5.38 Å². The molecule has 1 atom stereocenters. The van der Waals surface area contributed by atoms with Gasteiger partial charge in [-0.05, 0) is 30.0 Å². The molecule has 0 saturated heterocycles. The van der Waals surface area contributed by atoms with E-state index in [0.717, 1.165) is 24.7 Å². The Morgan fingerprint density at radius 1 is 1.33 bits per heavy atom. The summed E-state index contributed by atoms with van der Waals surface area (Å²) in [6, 6.07) is 3.87. The molecule has 0 spiro atoms. The van der Waals surface area contributed by atoms with Gasteiger partial charge in [0.05, 0.1) is 9.36 Å². The van der Waals surface area contributed by atoms with Gasteiger partial charge in [0, 0.05) is 9.75 Å². The quantitative estimate of drug-likeness (QED) is 0.619. The minimum atomic E-state index is -0.186. The van der Waals surface area contributed by atoms with Crippen LogP contribution in [0.5, 0.6) is 0 Å². The highest BCUT2D eigenvalue weighted by Crippen LogP contribution is 2.42. The summed E-state index contributed by atoms with van der Waals surface area (Å²) in [6.07, 6.45) is 0. The van der Waals surface area contributed by atoms with E-state index in [-0.39, 0.29) is 5.38 Å². The molecule has 0 radical (unpaired) electrons. The largest absolute Gasteiger partial charge is 0.145 e. The Hall–Kier alpha value is 0.270. The predicted molar refractivity (Wildman–Crippen MR) is 71.1 cm³/mol. The van der Waals surface area contributed by atoms with Crippen molar-refractivity contribution >= 4 is 57.5 Å². The van der Waals surface area contributed by atoms with Crippen LogP contribution in [0.2, 0.25) is 9.36 Å². The molecule has 2 aromatic rings. The number of hydrogen-bond donors (Lipinski definition) is 0. The maximum Gasteiger partial charge on any atom is 0.103 e. The topological polar surface area (TPSA) is 0 Å². The number of rotatable bonds is 2. The second kappa shape index (κ2) is 4.64. The Labute approximate surface area is 111 Å². The van der Waals surface area contributed by atoms with E-state index in [2.05, 4.69) is 0 Å². The van der Waals surface area contributed by atoms with Crippen molar-refractivity contribution in [2.24, 2.45) is 0 Å². The third-order valence-electron chi connectivity index (χ3n) is 2.00. The van der Waals surface area contributed by atoms with E-state index >= 15 is 0 Å². The van der Waals surface area contributed by atoms with Crippen LogP contribution in [0.3, 0.4) is 0 Å². The average Bonchev–Trinajstić information content (AvgIpc) is 2.74. The van der Waals surface area contributed by atoms with E-state index in [0.29, 0.717) is 0 Å². The van der Waals surface area contributed by atoms with Crippen LogP contribution in [0, 0.1) is 6.92 Å². The van der Waals surface area contributed by atoms with Crippen molar-refractivity contribution in [2.45, 2.75) is 12.3 Å². The van der Waals surface area contributed by atoms with Crippen LogP contribution in [0.15, 0.2) is 17.5 Å². The lowest BCUT2D eigenvalue weighted by molar-refractivity contribution is 1.23. The molecular weight excluding hydrogens is 291 g/mol. The third kappa shape index (κ3) is 2.34. The van der Waals surface area contributed by atoms with Crippen LogP contribution in [-0.2, 0) is 0 Å². The van der Waals surface area contributed by atoms with Gasteiger partial charge in [0.15, 0.2) is 0 Å². The molecule has 15 heavy (non-hydrogen) atoms. The second-order valence-electron chi connectivity index (χ2n) is 3.10. The van der Waals surface area contributed by atoms with Crippen LogP contribution in [0.25, 0.3) is 0 Å². The highest BCUT2D eigenvalue weighted by Gasteiger charge is 2.18.